The minimum absolute atomic E-state index is 0.112. The van der Waals surface area contributed by atoms with Crippen LogP contribution in [0.4, 0.5) is 0 Å². The lowest BCUT2D eigenvalue weighted by Crippen LogP contribution is -2.15. The molecule has 0 heterocycles. The highest BCUT2D eigenvalue weighted by atomic mass is 16.3. The van der Waals surface area contributed by atoms with Crippen LogP contribution < -0.4 is 0 Å². The third-order valence-electron chi connectivity index (χ3n) is 3.75. The average molecular weight is 232 g/mol. The molecule has 1 aliphatic rings. The zero-order valence-corrected chi connectivity index (χ0v) is 11.2. The van der Waals surface area contributed by atoms with E-state index in [4.69, 9.17) is 0 Å². The molecule has 3 atom stereocenters. The second kappa shape index (κ2) is 4.81. The van der Waals surface area contributed by atoms with Crippen LogP contribution in [0, 0.1) is 11.3 Å². The van der Waals surface area contributed by atoms with Crippen LogP contribution in [-0.2, 0) is 0 Å². The molecular formula is C16H24O. The lowest BCUT2D eigenvalue weighted by molar-refractivity contribution is 0.122. The Morgan fingerprint density at radius 1 is 1.24 bits per heavy atom. The summed E-state index contributed by atoms with van der Waals surface area (Å²) in [5.74, 6) is 1.10. The molecule has 1 saturated carbocycles. The summed E-state index contributed by atoms with van der Waals surface area (Å²) in [4.78, 5) is 0. The topological polar surface area (TPSA) is 20.2 Å². The van der Waals surface area contributed by atoms with Crippen molar-refractivity contribution in [3.05, 3.63) is 35.9 Å². The number of aliphatic hydroxyl groups is 1. The molecule has 1 nitrogen and oxygen atoms in total. The quantitative estimate of drug-likeness (QED) is 0.832. The van der Waals surface area contributed by atoms with Gasteiger partial charge in [-0.25, -0.2) is 0 Å². The molecule has 0 radical (unpaired) electrons. The van der Waals surface area contributed by atoms with Crippen LogP contribution in [0.1, 0.15) is 51.5 Å². The molecule has 0 saturated heterocycles. The third-order valence-corrected chi connectivity index (χ3v) is 3.75. The zero-order valence-electron chi connectivity index (χ0n) is 11.2. The fourth-order valence-electron chi connectivity index (χ4n) is 2.52. The van der Waals surface area contributed by atoms with E-state index in [1.165, 1.54) is 5.56 Å². The number of hydrogen-bond donors (Lipinski definition) is 1. The van der Waals surface area contributed by atoms with Crippen LogP contribution in [0.3, 0.4) is 0 Å². The van der Waals surface area contributed by atoms with E-state index in [0.717, 1.165) is 19.3 Å². The summed E-state index contributed by atoms with van der Waals surface area (Å²) < 4.78 is 0. The molecule has 1 N–H and O–H groups in total. The van der Waals surface area contributed by atoms with Crippen molar-refractivity contribution in [2.75, 3.05) is 0 Å². The number of benzene rings is 1. The third kappa shape index (κ3) is 3.57. The van der Waals surface area contributed by atoms with Crippen molar-refractivity contribution in [3.63, 3.8) is 0 Å². The van der Waals surface area contributed by atoms with Gasteiger partial charge >= 0.3 is 0 Å². The van der Waals surface area contributed by atoms with Gasteiger partial charge in [0.15, 0.2) is 0 Å². The molecule has 0 bridgehead atoms. The maximum atomic E-state index is 10.2. The summed E-state index contributed by atoms with van der Waals surface area (Å²) in [7, 11) is 0. The molecule has 94 valence electrons. The first-order valence-electron chi connectivity index (χ1n) is 6.70. The van der Waals surface area contributed by atoms with E-state index in [1.54, 1.807) is 0 Å². The fraction of sp³-hybridized carbons (Fsp3) is 0.625. The van der Waals surface area contributed by atoms with Crippen LogP contribution in [0.25, 0.3) is 0 Å². The first-order chi connectivity index (χ1) is 7.97. The SMILES string of the molecule is CC(C)(C)CCC(O)C1CC1c1ccccc1. The summed E-state index contributed by atoms with van der Waals surface area (Å²) in [6, 6.07) is 10.6. The molecular weight excluding hydrogens is 208 g/mol. The molecule has 1 aliphatic carbocycles. The molecule has 0 aliphatic heterocycles. The Hall–Kier alpha value is -0.820. The fourth-order valence-corrected chi connectivity index (χ4v) is 2.52. The summed E-state index contributed by atoms with van der Waals surface area (Å²) in [6.45, 7) is 6.71. The number of hydrogen-bond acceptors (Lipinski definition) is 1. The van der Waals surface area contributed by atoms with Crippen molar-refractivity contribution in [2.45, 2.75) is 52.1 Å². The Bertz CT molecular complexity index is 350. The smallest absolute Gasteiger partial charge is 0.0574 e. The Balaban J connectivity index is 1.83. The number of aliphatic hydroxyl groups excluding tert-OH is 1. The second-order valence-electron chi connectivity index (χ2n) is 6.58. The monoisotopic (exact) mass is 232 g/mol. The summed E-state index contributed by atoms with van der Waals surface area (Å²) >= 11 is 0. The van der Waals surface area contributed by atoms with E-state index < -0.39 is 0 Å². The molecule has 1 aromatic carbocycles. The Kier molecular flexibility index (Phi) is 3.58. The summed E-state index contributed by atoms with van der Waals surface area (Å²) in [5, 5.41) is 10.2. The van der Waals surface area contributed by atoms with E-state index in [2.05, 4.69) is 51.1 Å². The van der Waals surface area contributed by atoms with Crippen LogP contribution >= 0.6 is 0 Å². The van der Waals surface area contributed by atoms with E-state index in [-0.39, 0.29) is 6.10 Å². The van der Waals surface area contributed by atoms with Crippen molar-refractivity contribution in [3.8, 4) is 0 Å². The molecule has 0 spiro atoms. The van der Waals surface area contributed by atoms with Gasteiger partial charge in [0, 0.05) is 0 Å². The molecule has 17 heavy (non-hydrogen) atoms. The van der Waals surface area contributed by atoms with Crippen LogP contribution in [0.2, 0.25) is 0 Å². The Morgan fingerprint density at radius 3 is 2.47 bits per heavy atom. The lowest BCUT2D eigenvalue weighted by Gasteiger charge is -2.20. The van der Waals surface area contributed by atoms with Crippen molar-refractivity contribution >= 4 is 0 Å². The van der Waals surface area contributed by atoms with Gasteiger partial charge in [0.25, 0.3) is 0 Å². The van der Waals surface area contributed by atoms with Crippen molar-refractivity contribution in [1.82, 2.24) is 0 Å². The van der Waals surface area contributed by atoms with Crippen molar-refractivity contribution < 1.29 is 5.11 Å². The first-order valence-corrected chi connectivity index (χ1v) is 6.70. The van der Waals surface area contributed by atoms with E-state index in [9.17, 15) is 5.11 Å². The lowest BCUT2D eigenvalue weighted by atomic mass is 9.88. The summed E-state index contributed by atoms with van der Waals surface area (Å²) in [6.07, 6.45) is 3.10. The Labute approximate surface area is 105 Å². The standard InChI is InChI=1S/C16H24O/c1-16(2,3)10-9-15(17)14-11-13(14)12-7-5-4-6-8-12/h4-8,13-15,17H,9-11H2,1-3H3. The van der Waals surface area contributed by atoms with Crippen LogP contribution in [-0.4, -0.2) is 11.2 Å². The predicted octanol–water partition coefficient (Wildman–Crippen LogP) is 3.98. The van der Waals surface area contributed by atoms with E-state index >= 15 is 0 Å². The minimum atomic E-state index is -0.112. The molecule has 1 aromatic rings. The van der Waals surface area contributed by atoms with Gasteiger partial charge in [-0.3, -0.25) is 0 Å². The molecule has 2 rings (SSSR count). The highest BCUT2D eigenvalue weighted by Crippen LogP contribution is 2.50. The van der Waals surface area contributed by atoms with Gasteiger partial charge < -0.3 is 5.11 Å². The van der Waals surface area contributed by atoms with Gasteiger partial charge in [-0.2, -0.15) is 0 Å². The maximum Gasteiger partial charge on any atom is 0.0574 e. The number of rotatable bonds is 4. The van der Waals surface area contributed by atoms with Crippen molar-refractivity contribution in [2.24, 2.45) is 11.3 Å². The summed E-state index contributed by atoms with van der Waals surface area (Å²) in [5.41, 5.74) is 1.73. The molecule has 1 heteroatoms. The maximum absolute atomic E-state index is 10.2. The first kappa shape index (κ1) is 12.6. The van der Waals surface area contributed by atoms with Crippen LogP contribution in [0.15, 0.2) is 30.3 Å². The molecule has 1 fully saturated rings. The second-order valence-corrected chi connectivity index (χ2v) is 6.58. The highest BCUT2D eigenvalue weighted by molar-refractivity contribution is 5.26. The zero-order chi connectivity index (χ0) is 12.5. The molecule has 3 unspecified atom stereocenters. The highest BCUT2D eigenvalue weighted by Gasteiger charge is 2.43. The van der Waals surface area contributed by atoms with Gasteiger partial charge in [-0.15, -0.1) is 0 Å². The largest absolute Gasteiger partial charge is 0.393 e. The predicted molar refractivity (Wildman–Crippen MR) is 72.0 cm³/mol. The molecule has 0 aromatic heterocycles. The molecule has 0 amide bonds. The van der Waals surface area contributed by atoms with E-state index in [1.807, 2.05) is 0 Å². The average Bonchev–Trinajstić information content (AvgIpc) is 3.06. The van der Waals surface area contributed by atoms with Gasteiger partial charge in [0.05, 0.1) is 6.10 Å². The normalized spacial score (nSPS) is 25.6. The van der Waals surface area contributed by atoms with Gasteiger partial charge in [0.2, 0.25) is 0 Å². The van der Waals surface area contributed by atoms with Gasteiger partial charge in [-0.05, 0) is 42.1 Å². The van der Waals surface area contributed by atoms with Gasteiger partial charge in [-0.1, -0.05) is 51.1 Å². The van der Waals surface area contributed by atoms with E-state index in [0.29, 0.717) is 17.3 Å². The van der Waals surface area contributed by atoms with Crippen molar-refractivity contribution in [1.29, 1.82) is 0 Å². The van der Waals surface area contributed by atoms with Crippen LogP contribution in [0.5, 0.6) is 0 Å². The van der Waals surface area contributed by atoms with Gasteiger partial charge in [0.1, 0.15) is 0 Å². The minimum Gasteiger partial charge on any atom is -0.393 e. The Morgan fingerprint density at radius 2 is 1.88 bits per heavy atom.